The Labute approximate surface area is 97.4 Å². The van der Waals surface area contributed by atoms with Crippen LogP contribution in [-0.4, -0.2) is 42.3 Å². The first-order valence-electron chi connectivity index (χ1n) is 6.03. The van der Waals surface area contributed by atoms with E-state index in [2.05, 4.69) is 10.2 Å². The fourth-order valence-electron chi connectivity index (χ4n) is 2.46. The third-order valence-corrected chi connectivity index (χ3v) is 3.24. The van der Waals surface area contributed by atoms with Gasteiger partial charge in [0.15, 0.2) is 0 Å². The summed E-state index contributed by atoms with van der Waals surface area (Å²) in [6, 6.07) is 0.119. The predicted octanol–water partition coefficient (Wildman–Crippen LogP) is 0.954. The lowest BCUT2D eigenvalue weighted by Crippen LogP contribution is -2.52. The second-order valence-electron chi connectivity index (χ2n) is 4.62. The highest BCUT2D eigenvalue weighted by atomic mass is 16.2. The van der Waals surface area contributed by atoms with E-state index in [0.717, 1.165) is 25.8 Å². The van der Waals surface area contributed by atoms with Gasteiger partial charge in [0.1, 0.15) is 5.78 Å². The minimum atomic E-state index is -0.0481. The van der Waals surface area contributed by atoms with Gasteiger partial charge in [-0.3, -0.25) is 14.5 Å². The zero-order chi connectivity index (χ0) is 12.1. The summed E-state index contributed by atoms with van der Waals surface area (Å²) in [5.74, 6) is 0.267. The number of nitrogens with zero attached hydrogens (tertiary/aromatic N) is 1. The van der Waals surface area contributed by atoms with Crippen molar-refractivity contribution < 1.29 is 9.59 Å². The number of carbonyl (C=O) groups is 2. The largest absolute Gasteiger partial charge is 0.358 e. The Morgan fingerprint density at radius 1 is 1.44 bits per heavy atom. The van der Waals surface area contributed by atoms with Gasteiger partial charge in [-0.05, 0) is 33.2 Å². The molecule has 1 aliphatic rings. The lowest BCUT2D eigenvalue weighted by molar-refractivity contribution is -0.129. The number of nitrogens with one attached hydrogen (secondary N) is 1. The Morgan fingerprint density at radius 2 is 2.12 bits per heavy atom. The molecule has 4 heteroatoms. The average molecular weight is 226 g/mol. The summed E-state index contributed by atoms with van der Waals surface area (Å²) in [6.07, 6.45) is 3.66. The first-order chi connectivity index (χ1) is 7.56. The smallest absolute Gasteiger partial charge is 0.237 e. The number of rotatable bonds is 4. The molecule has 0 aromatic heterocycles. The van der Waals surface area contributed by atoms with Gasteiger partial charge in [0.25, 0.3) is 0 Å². The third kappa shape index (κ3) is 3.30. The van der Waals surface area contributed by atoms with Gasteiger partial charge in [0.05, 0.1) is 6.04 Å². The van der Waals surface area contributed by atoms with Crippen LogP contribution in [0.4, 0.5) is 0 Å². The molecule has 0 aromatic carbocycles. The van der Waals surface area contributed by atoms with Crippen LogP contribution in [0.15, 0.2) is 0 Å². The van der Waals surface area contributed by atoms with Crippen LogP contribution in [0.5, 0.6) is 0 Å². The Hall–Kier alpha value is -0.900. The molecule has 1 amide bonds. The van der Waals surface area contributed by atoms with Crippen molar-refractivity contribution in [2.45, 2.75) is 51.6 Å². The molecule has 0 radical (unpaired) electrons. The first kappa shape index (κ1) is 13.2. The van der Waals surface area contributed by atoms with Gasteiger partial charge < -0.3 is 5.32 Å². The highest BCUT2D eigenvalue weighted by Crippen LogP contribution is 2.21. The van der Waals surface area contributed by atoms with Crippen LogP contribution in [-0.2, 0) is 9.59 Å². The van der Waals surface area contributed by atoms with Crippen LogP contribution < -0.4 is 5.32 Å². The van der Waals surface area contributed by atoms with Crippen molar-refractivity contribution in [3.63, 3.8) is 0 Å². The normalized spacial score (nSPS) is 23.8. The summed E-state index contributed by atoms with van der Waals surface area (Å²) in [7, 11) is 1.67. The molecule has 1 N–H and O–H groups in total. The van der Waals surface area contributed by atoms with E-state index >= 15 is 0 Å². The van der Waals surface area contributed by atoms with Crippen LogP contribution in [0.1, 0.15) is 39.5 Å². The van der Waals surface area contributed by atoms with Crippen molar-refractivity contribution in [2.24, 2.45) is 0 Å². The molecule has 1 rings (SSSR count). The number of hydrogen-bond acceptors (Lipinski definition) is 3. The number of likely N-dealkylation sites (tertiary alicyclic amines) is 1. The van der Waals surface area contributed by atoms with Crippen LogP contribution in [0.3, 0.4) is 0 Å². The summed E-state index contributed by atoms with van der Waals surface area (Å²) in [6.45, 7) is 4.56. The van der Waals surface area contributed by atoms with Gasteiger partial charge in [0.2, 0.25) is 5.91 Å². The first-order valence-corrected chi connectivity index (χ1v) is 6.03. The number of amides is 1. The van der Waals surface area contributed by atoms with Crippen molar-refractivity contribution in [3.8, 4) is 0 Å². The van der Waals surface area contributed by atoms with Gasteiger partial charge in [0, 0.05) is 19.5 Å². The molecule has 2 atom stereocenters. The van der Waals surface area contributed by atoms with E-state index < -0.39 is 0 Å². The highest BCUT2D eigenvalue weighted by molar-refractivity contribution is 5.81. The maximum absolute atomic E-state index is 11.7. The maximum atomic E-state index is 11.7. The van der Waals surface area contributed by atoms with Gasteiger partial charge >= 0.3 is 0 Å². The predicted molar refractivity (Wildman–Crippen MR) is 63.2 cm³/mol. The topological polar surface area (TPSA) is 49.4 Å². The summed E-state index contributed by atoms with van der Waals surface area (Å²) in [4.78, 5) is 25.0. The monoisotopic (exact) mass is 226 g/mol. The Morgan fingerprint density at radius 3 is 2.69 bits per heavy atom. The molecule has 2 unspecified atom stereocenters. The van der Waals surface area contributed by atoms with Crippen molar-refractivity contribution in [2.75, 3.05) is 13.6 Å². The lowest BCUT2D eigenvalue weighted by Gasteiger charge is -2.38. The molecule has 1 aliphatic heterocycles. The average Bonchev–Trinajstić information content (AvgIpc) is 2.27. The third-order valence-electron chi connectivity index (χ3n) is 3.24. The van der Waals surface area contributed by atoms with E-state index in [4.69, 9.17) is 0 Å². The summed E-state index contributed by atoms with van der Waals surface area (Å²) >= 11 is 0. The van der Waals surface area contributed by atoms with Gasteiger partial charge in [-0.2, -0.15) is 0 Å². The number of carbonyl (C=O) groups excluding carboxylic acids is 2. The fraction of sp³-hybridized carbons (Fsp3) is 0.833. The fourth-order valence-corrected chi connectivity index (χ4v) is 2.46. The maximum Gasteiger partial charge on any atom is 0.237 e. The molecule has 1 heterocycles. The molecule has 0 aliphatic carbocycles. The van der Waals surface area contributed by atoms with Gasteiger partial charge in [-0.1, -0.05) is 6.42 Å². The van der Waals surface area contributed by atoms with Gasteiger partial charge in [-0.15, -0.1) is 0 Å². The zero-order valence-corrected chi connectivity index (χ0v) is 10.5. The lowest BCUT2D eigenvalue weighted by atomic mass is 9.98. The van der Waals surface area contributed by atoms with Crippen molar-refractivity contribution >= 4 is 11.7 Å². The standard InChI is InChI=1S/C12H22N2O2/c1-9(8-10(2)15)14-7-5-4-6-11(14)12(16)13-3/h9,11H,4-8H2,1-3H3,(H,13,16). The Kier molecular flexibility index (Phi) is 4.93. The molecule has 92 valence electrons. The number of ketones is 1. The molecule has 0 spiro atoms. The second-order valence-corrected chi connectivity index (χ2v) is 4.62. The van der Waals surface area contributed by atoms with E-state index in [9.17, 15) is 9.59 Å². The van der Waals surface area contributed by atoms with Crippen LogP contribution >= 0.6 is 0 Å². The van der Waals surface area contributed by atoms with E-state index in [1.54, 1.807) is 14.0 Å². The summed E-state index contributed by atoms with van der Waals surface area (Å²) in [5, 5.41) is 2.71. The SMILES string of the molecule is CNC(=O)C1CCCCN1C(C)CC(C)=O. The van der Waals surface area contributed by atoms with Crippen molar-refractivity contribution in [1.82, 2.24) is 10.2 Å². The molecule has 1 saturated heterocycles. The second kappa shape index (κ2) is 5.99. The van der Waals surface area contributed by atoms with E-state index in [-0.39, 0.29) is 23.8 Å². The number of likely N-dealkylation sites (N-methyl/N-ethyl adjacent to an activating group) is 1. The quantitative estimate of drug-likeness (QED) is 0.776. The molecule has 0 aromatic rings. The van der Waals surface area contributed by atoms with Gasteiger partial charge in [-0.25, -0.2) is 0 Å². The summed E-state index contributed by atoms with van der Waals surface area (Å²) in [5.41, 5.74) is 0. The Balaban J connectivity index is 2.65. The molecule has 4 nitrogen and oxygen atoms in total. The Bertz CT molecular complexity index is 266. The van der Waals surface area contributed by atoms with E-state index in [1.165, 1.54) is 0 Å². The minimum Gasteiger partial charge on any atom is -0.358 e. The van der Waals surface area contributed by atoms with Crippen LogP contribution in [0.2, 0.25) is 0 Å². The minimum absolute atomic E-state index is 0.0481. The number of hydrogen-bond donors (Lipinski definition) is 1. The van der Waals surface area contributed by atoms with Crippen molar-refractivity contribution in [1.29, 1.82) is 0 Å². The highest BCUT2D eigenvalue weighted by Gasteiger charge is 2.31. The van der Waals surface area contributed by atoms with Crippen molar-refractivity contribution in [3.05, 3.63) is 0 Å². The molecule has 0 bridgehead atoms. The van der Waals surface area contributed by atoms with E-state index in [0.29, 0.717) is 6.42 Å². The summed E-state index contributed by atoms with van der Waals surface area (Å²) < 4.78 is 0. The molecular weight excluding hydrogens is 204 g/mol. The zero-order valence-electron chi connectivity index (χ0n) is 10.5. The molecule has 0 saturated carbocycles. The molecule has 16 heavy (non-hydrogen) atoms. The van der Waals surface area contributed by atoms with Crippen LogP contribution in [0.25, 0.3) is 0 Å². The molecular formula is C12H22N2O2. The van der Waals surface area contributed by atoms with Crippen LogP contribution in [0, 0.1) is 0 Å². The molecule has 1 fully saturated rings. The van der Waals surface area contributed by atoms with E-state index in [1.807, 2.05) is 6.92 Å². The number of Topliss-reactive ketones (excluding diaryl/α,β-unsaturated/α-hetero) is 1. The number of piperidine rings is 1.